The Labute approximate surface area is 198 Å². The lowest BCUT2D eigenvalue weighted by Crippen LogP contribution is -2.26. The van der Waals surface area contributed by atoms with Crippen molar-refractivity contribution in [2.75, 3.05) is 4.72 Å². The Bertz CT molecular complexity index is 1300. The summed E-state index contributed by atoms with van der Waals surface area (Å²) in [6.07, 6.45) is 6.32. The highest BCUT2D eigenvalue weighted by Crippen LogP contribution is 2.34. The minimum Gasteiger partial charge on any atom is -0.348 e. The largest absolute Gasteiger partial charge is 0.348 e. The zero-order valence-electron chi connectivity index (χ0n) is 16.1. The summed E-state index contributed by atoms with van der Waals surface area (Å²) in [5, 5.41) is 3.05. The number of carbonyl (C=O) groups excluding carboxylic acids is 1. The lowest BCUT2D eigenvalue weighted by molar-refractivity contribution is 0.0951. The molecule has 0 spiro atoms. The summed E-state index contributed by atoms with van der Waals surface area (Å²) < 4.78 is 47.1. The molecule has 0 saturated carbocycles. The number of benzene rings is 2. The molecule has 0 bridgehead atoms. The van der Waals surface area contributed by atoms with Gasteiger partial charge in [-0.3, -0.25) is 13.8 Å². The summed E-state index contributed by atoms with van der Waals surface area (Å²) in [7, 11) is -4.06. The van der Waals surface area contributed by atoms with Crippen molar-refractivity contribution in [2.24, 2.45) is 0 Å². The van der Waals surface area contributed by atoms with E-state index in [1.165, 1.54) is 48.5 Å². The van der Waals surface area contributed by atoms with E-state index in [0.717, 1.165) is 6.07 Å². The molecule has 1 amide bonds. The molecule has 166 valence electrons. The van der Waals surface area contributed by atoms with Gasteiger partial charge >= 0.3 is 0 Å². The molecular weight excluding hydrogens is 498 g/mol. The highest BCUT2D eigenvalue weighted by molar-refractivity contribution is 7.97. The summed E-state index contributed by atoms with van der Waals surface area (Å²) >= 11 is 13.0. The van der Waals surface area contributed by atoms with Gasteiger partial charge in [0.15, 0.2) is 0 Å². The van der Waals surface area contributed by atoms with E-state index in [-0.39, 0.29) is 38.3 Å². The van der Waals surface area contributed by atoms with Gasteiger partial charge in [-0.05, 0) is 42.5 Å². The lowest BCUT2D eigenvalue weighted by Gasteiger charge is -2.21. The number of fused-ring (bicyclic) bond motifs is 1. The van der Waals surface area contributed by atoms with Crippen LogP contribution in [0.4, 0.5) is 10.1 Å². The second-order valence-corrected chi connectivity index (χ2v) is 9.99. The van der Waals surface area contributed by atoms with Crippen LogP contribution >= 0.6 is 35.3 Å². The number of nitrogens with zero attached hydrogens (tertiary/aromatic N) is 1. The number of hydrogen-bond donors (Lipinski definition) is 3. The van der Waals surface area contributed by atoms with E-state index in [1.807, 2.05) is 0 Å². The van der Waals surface area contributed by atoms with Crippen LogP contribution in [-0.2, 0) is 16.6 Å². The fourth-order valence-electron chi connectivity index (χ4n) is 3.00. The first-order chi connectivity index (χ1) is 15.2. The van der Waals surface area contributed by atoms with E-state index >= 15 is 0 Å². The first kappa shape index (κ1) is 22.5. The van der Waals surface area contributed by atoms with E-state index in [2.05, 4.69) is 14.8 Å². The Balaban J connectivity index is 1.57. The molecule has 0 saturated heterocycles. The number of amides is 1. The molecule has 32 heavy (non-hydrogen) atoms. The van der Waals surface area contributed by atoms with Crippen LogP contribution in [0, 0.1) is 5.82 Å². The Morgan fingerprint density at radius 3 is 2.69 bits per heavy atom. The van der Waals surface area contributed by atoms with Crippen molar-refractivity contribution < 1.29 is 17.6 Å². The normalized spacial score (nSPS) is 14.9. The van der Waals surface area contributed by atoms with E-state index in [9.17, 15) is 17.6 Å². The number of sulfonamides is 1. The molecule has 2 aliphatic rings. The van der Waals surface area contributed by atoms with E-state index in [0.29, 0.717) is 5.70 Å². The number of carbonyl (C=O) groups is 1. The molecule has 4 rings (SSSR count). The molecule has 0 aromatic heterocycles. The van der Waals surface area contributed by atoms with Gasteiger partial charge in [0.2, 0.25) is 0 Å². The van der Waals surface area contributed by atoms with Crippen LogP contribution in [0.2, 0.25) is 10.0 Å². The Morgan fingerprint density at radius 2 is 1.91 bits per heavy atom. The second-order valence-electron chi connectivity index (χ2n) is 6.65. The van der Waals surface area contributed by atoms with Crippen molar-refractivity contribution in [3.63, 3.8) is 0 Å². The maximum atomic E-state index is 14.0. The van der Waals surface area contributed by atoms with Crippen LogP contribution in [0.15, 0.2) is 71.6 Å². The minimum absolute atomic E-state index is 0.00668. The molecule has 2 aromatic rings. The predicted molar refractivity (Wildman–Crippen MR) is 124 cm³/mol. The van der Waals surface area contributed by atoms with Gasteiger partial charge in [0, 0.05) is 34.6 Å². The van der Waals surface area contributed by atoms with Gasteiger partial charge in [0.25, 0.3) is 15.9 Å². The van der Waals surface area contributed by atoms with Crippen LogP contribution in [0.3, 0.4) is 0 Å². The van der Waals surface area contributed by atoms with Gasteiger partial charge < -0.3 is 10.0 Å². The Kier molecular flexibility index (Phi) is 6.38. The van der Waals surface area contributed by atoms with Crippen LogP contribution in [0.25, 0.3) is 0 Å². The van der Waals surface area contributed by atoms with Crippen molar-refractivity contribution in [1.29, 1.82) is 0 Å². The van der Waals surface area contributed by atoms with Crippen molar-refractivity contribution in [1.82, 2.24) is 14.3 Å². The van der Waals surface area contributed by atoms with Gasteiger partial charge in [0.1, 0.15) is 10.7 Å². The van der Waals surface area contributed by atoms with E-state index in [1.54, 1.807) is 22.8 Å². The van der Waals surface area contributed by atoms with Crippen LogP contribution in [0.5, 0.6) is 0 Å². The lowest BCUT2D eigenvalue weighted by atomic mass is 10.1. The smallest absolute Gasteiger partial charge is 0.264 e. The van der Waals surface area contributed by atoms with Gasteiger partial charge in [-0.2, -0.15) is 0 Å². The number of halogens is 3. The van der Waals surface area contributed by atoms with Crippen LogP contribution in [-0.4, -0.2) is 18.6 Å². The second kappa shape index (κ2) is 9.07. The topological polar surface area (TPSA) is 90.5 Å². The van der Waals surface area contributed by atoms with Crippen molar-refractivity contribution in [3.8, 4) is 0 Å². The van der Waals surface area contributed by atoms with E-state index < -0.39 is 21.7 Å². The molecule has 0 aliphatic carbocycles. The molecule has 12 heteroatoms. The van der Waals surface area contributed by atoms with Gasteiger partial charge in [0.05, 0.1) is 29.1 Å². The summed E-state index contributed by atoms with van der Waals surface area (Å²) in [4.78, 5) is 12.8. The average molecular weight is 513 g/mol. The molecular formula is C20H15Cl2FN4O3S2. The molecule has 7 nitrogen and oxygen atoms in total. The molecule has 2 aliphatic heterocycles. The quantitative estimate of drug-likeness (QED) is 0.492. The molecule has 0 radical (unpaired) electrons. The maximum Gasteiger partial charge on any atom is 0.264 e. The van der Waals surface area contributed by atoms with E-state index in [4.69, 9.17) is 23.2 Å². The van der Waals surface area contributed by atoms with Crippen LogP contribution in [0.1, 0.15) is 15.9 Å². The number of allylic oxidation sites excluding steroid dienone is 2. The zero-order chi connectivity index (χ0) is 22.9. The summed E-state index contributed by atoms with van der Waals surface area (Å²) in [6, 6.07) is 8.30. The Morgan fingerprint density at radius 1 is 1.16 bits per heavy atom. The van der Waals surface area contributed by atoms with Crippen molar-refractivity contribution >= 4 is 57.0 Å². The standard InChI is InChI=1S/C20H15Cl2FN4O3S2/c21-13-4-3-12(16(23)8-13)10-24-20(28)15-6-5-14(22)9-17(15)26-32(29,30)19-2-1-7-27-18(19)11-25-31-27/h1-9,11,25-26H,10H2,(H,24,28). The van der Waals surface area contributed by atoms with Crippen molar-refractivity contribution in [3.05, 3.63) is 98.5 Å². The number of rotatable bonds is 6. The maximum absolute atomic E-state index is 14.0. The SMILES string of the molecule is O=C(NCc1ccc(Cl)cc1F)c1ccc(Cl)cc1NS(=O)(=O)C1=CC=CN2SNC=C12. The fourth-order valence-corrected chi connectivity index (χ4v) is 5.30. The highest BCUT2D eigenvalue weighted by atomic mass is 35.5. The first-order valence-electron chi connectivity index (χ1n) is 9.10. The summed E-state index contributed by atoms with van der Waals surface area (Å²) in [5.41, 5.74) is 0.698. The third kappa shape index (κ3) is 4.73. The minimum atomic E-state index is -4.06. The Hall–Kier alpha value is -2.66. The predicted octanol–water partition coefficient (Wildman–Crippen LogP) is 4.53. The zero-order valence-corrected chi connectivity index (χ0v) is 19.2. The van der Waals surface area contributed by atoms with Gasteiger partial charge in [-0.15, -0.1) is 0 Å². The number of hydrogen-bond acceptors (Lipinski definition) is 6. The first-order valence-corrected chi connectivity index (χ1v) is 12.1. The average Bonchev–Trinajstić information content (AvgIpc) is 3.21. The molecule has 2 aromatic carbocycles. The van der Waals surface area contributed by atoms with Crippen LogP contribution < -0.4 is 14.8 Å². The summed E-state index contributed by atoms with van der Waals surface area (Å²) in [5.74, 6) is -1.17. The molecule has 0 fully saturated rings. The molecule has 3 N–H and O–H groups in total. The molecule has 0 unspecified atom stereocenters. The fraction of sp³-hybridized carbons (Fsp3) is 0.0500. The third-order valence-electron chi connectivity index (χ3n) is 4.52. The van der Waals surface area contributed by atoms with Crippen molar-refractivity contribution in [2.45, 2.75) is 6.54 Å². The molecule has 2 heterocycles. The number of anilines is 1. The third-order valence-corrected chi connectivity index (χ3v) is 7.14. The summed E-state index contributed by atoms with van der Waals surface area (Å²) in [6.45, 7) is -0.114. The molecule has 0 atom stereocenters. The van der Waals surface area contributed by atoms with Gasteiger partial charge in [-0.25, -0.2) is 12.8 Å². The monoisotopic (exact) mass is 512 g/mol. The number of nitrogens with one attached hydrogen (secondary N) is 3. The highest BCUT2D eigenvalue weighted by Gasteiger charge is 2.30. The van der Waals surface area contributed by atoms with Gasteiger partial charge in [-0.1, -0.05) is 29.3 Å².